The summed E-state index contributed by atoms with van der Waals surface area (Å²) in [4.78, 5) is 39.5. The van der Waals surface area contributed by atoms with Gasteiger partial charge in [0.25, 0.3) is 11.6 Å². The molecule has 0 radical (unpaired) electrons. The Morgan fingerprint density at radius 3 is 2.48 bits per heavy atom. The summed E-state index contributed by atoms with van der Waals surface area (Å²) in [6.45, 7) is 5.72. The first-order valence-corrected chi connectivity index (χ1v) is 9.28. The average Bonchev–Trinajstić information content (AvgIpc) is 3.17. The first kappa shape index (κ1) is 22.0. The Bertz CT molecular complexity index is 862. The Morgan fingerprint density at radius 2 is 1.93 bits per heavy atom. The fourth-order valence-electron chi connectivity index (χ4n) is 2.57. The topological polar surface area (TPSA) is 153 Å². The van der Waals surface area contributed by atoms with Gasteiger partial charge < -0.3 is 20.8 Å². The Balaban J connectivity index is 2.09. The number of hydrogen-bond donors (Lipinski definition) is 3. The van der Waals surface area contributed by atoms with Crippen LogP contribution in [0.5, 0.6) is 0 Å². The molecule has 0 fully saturated rings. The summed E-state index contributed by atoms with van der Waals surface area (Å²) in [5.74, 6) is -0.597. The predicted octanol–water partition coefficient (Wildman–Crippen LogP) is 2.78. The van der Waals surface area contributed by atoms with Crippen molar-refractivity contribution in [2.45, 2.75) is 45.7 Å². The normalized spacial score (nSPS) is 13.0. The van der Waals surface area contributed by atoms with Crippen molar-refractivity contribution in [1.29, 1.82) is 0 Å². The molecule has 2 atom stereocenters. The lowest BCUT2D eigenvalue weighted by Gasteiger charge is -2.19. The molecular formula is C19H25N5O5. The maximum atomic E-state index is 12.7. The van der Waals surface area contributed by atoms with Crippen molar-refractivity contribution in [3.05, 3.63) is 52.2 Å². The second kappa shape index (κ2) is 9.78. The van der Waals surface area contributed by atoms with Crippen molar-refractivity contribution in [2.24, 2.45) is 11.7 Å². The number of amides is 2. The van der Waals surface area contributed by atoms with Gasteiger partial charge in [0.15, 0.2) is 5.69 Å². The molecule has 2 unspecified atom stereocenters. The molecule has 156 valence electrons. The van der Waals surface area contributed by atoms with Crippen LogP contribution in [0.15, 0.2) is 34.9 Å². The minimum absolute atomic E-state index is 0.0424. The second-order valence-corrected chi connectivity index (χ2v) is 7.03. The zero-order chi connectivity index (χ0) is 21.6. The minimum Gasteiger partial charge on any atom is -0.446 e. The van der Waals surface area contributed by atoms with Crippen molar-refractivity contribution in [3.63, 3.8) is 0 Å². The third-order valence-electron chi connectivity index (χ3n) is 4.19. The Hall–Kier alpha value is -3.27. The summed E-state index contributed by atoms with van der Waals surface area (Å²) in [5, 5.41) is 16.1. The van der Waals surface area contributed by atoms with E-state index in [4.69, 9.17) is 10.2 Å². The summed E-state index contributed by atoms with van der Waals surface area (Å²) >= 11 is 0. The Morgan fingerprint density at radius 1 is 1.28 bits per heavy atom. The lowest BCUT2D eigenvalue weighted by Crippen LogP contribution is -2.44. The van der Waals surface area contributed by atoms with Crippen LogP contribution in [0.1, 0.15) is 56.0 Å². The predicted molar refractivity (Wildman–Crippen MR) is 106 cm³/mol. The molecule has 0 aliphatic heterocycles. The summed E-state index contributed by atoms with van der Waals surface area (Å²) in [7, 11) is 0. The molecular weight excluding hydrogens is 378 g/mol. The number of carbonyl (C=O) groups excluding carboxylic acids is 2. The minimum atomic E-state index is -0.822. The molecule has 4 N–H and O–H groups in total. The molecule has 0 bridgehead atoms. The molecule has 1 heterocycles. The van der Waals surface area contributed by atoms with Gasteiger partial charge in [-0.3, -0.25) is 19.7 Å². The summed E-state index contributed by atoms with van der Waals surface area (Å²) < 4.78 is 5.24. The highest BCUT2D eigenvalue weighted by atomic mass is 16.6. The number of nitro benzene ring substituents is 1. The highest BCUT2D eigenvalue weighted by Crippen LogP contribution is 2.17. The summed E-state index contributed by atoms with van der Waals surface area (Å²) in [6, 6.07) is 4.21. The van der Waals surface area contributed by atoms with Gasteiger partial charge in [-0.2, -0.15) is 0 Å². The van der Waals surface area contributed by atoms with E-state index in [1.165, 1.54) is 30.5 Å². The molecule has 0 spiro atoms. The molecule has 10 nitrogen and oxygen atoms in total. The van der Waals surface area contributed by atoms with Crippen LogP contribution in [-0.2, 0) is 4.79 Å². The lowest BCUT2D eigenvalue weighted by molar-refractivity contribution is -0.384. The summed E-state index contributed by atoms with van der Waals surface area (Å²) in [5.41, 5.74) is 6.20. The van der Waals surface area contributed by atoms with E-state index >= 15 is 0 Å². The Kier molecular flexibility index (Phi) is 7.43. The number of nitrogens with zero attached hydrogens (tertiary/aromatic N) is 2. The smallest absolute Gasteiger partial charge is 0.273 e. The van der Waals surface area contributed by atoms with E-state index in [9.17, 15) is 19.7 Å². The van der Waals surface area contributed by atoms with Gasteiger partial charge in [0.2, 0.25) is 11.8 Å². The molecule has 2 amide bonds. The number of hydrogen-bond acceptors (Lipinski definition) is 7. The van der Waals surface area contributed by atoms with E-state index in [0.29, 0.717) is 18.5 Å². The number of nitrogens with two attached hydrogens (primary N) is 1. The van der Waals surface area contributed by atoms with Gasteiger partial charge in [-0.05, 0) is 30.9 Å². The van der Waals surface area contributed by atoms with Crippen LogP contribution in [0.2, 0.25) is 0 Å². The van der Waals surface area contributed by atoms with Crippen molar-refractivity contribution in [1.82, 2.24) is 10.3 Å². The SMILES string of the molecule is CCC(N)c1nc(C(=O)NC(CC(C)C)C(=O)Nc2ccc([N+](=O)[O-])cc2)co1. The van der Waals surface area contributed by atoms with Crippen LogP contribution >= 0.6 is 0 Å². The molecule has 29 heavy (non-hydrogen) atoms. The highest BCUT2D eigenvalue weighted by molar-refractivity contribution is 6.00. The number of oxazole rings is 1. The molecule has 1 aromatic heterocycles. The highest BCUT2D eigenvalue weighted by Gasteiger charge is 2.25. The number of carbonyl (C=O) groups is 2. The molecule has 2 rings (SSSR count). The second-order valence-electron chi connectivity index (χ2n) is 7.03. The van der Waals surface area contributed by atoms with Gasteiger partial charge in [-0.15, -0.1) is 0 Å². The van der Waals surface area contributed by atoms with E-state index in [1.807, 2.05) is 20.8 Å². The fraction of sp³-hybridized carbons (Fsp3) is 0.421. The number of nitrogens with one attached hydrogen (secondary N) is 2. The van der Waals surface area contributed by atoms with Crippen molar-refractivity contribution in [2.75, 3.05) is 5.32 Å². The molecule has 1 aromatic carbocycles. The number of rotatable bonds is 9. The Labute approximate surface area is 168 Å². The van der Waals surface area contributed by atoms with Gasteiger partial charge in [-0.25, -0.2) is 4.98 Å². The number of nitro groups is 1. The molecule has 0 aliphatic rings. The maximum absolute atomic E-state index is 12.7. The number of benzene rings is 1. The van der Waals surface area contributed by atoms with Gasteiger partial charge in [0.05, 0.1) is 11.0 Å². The molecule has 2 aromatic rings. The van der Waals surface area contributed by atoms with Crippen LogP contribution < -0.4 is 16.4 Å². The monoisotopic (exact) mass is 403 g/mol. The van der Waals surface area contributed by atoms with Gasteiger partial charge >= 0.3 is 0 Å². The molecule has 10 heteroatoms. The van der Waals surface area contributed by atoms with Crippen LogP contribution in [0.3, 0.4) is 0 Å². The molecule has 0 saturated heterocycles. The van der Waals surface area contributed by atoms with Crippen LogP contribution in [0.25, 0.3) is 0 Å². The lowest BCUT2D eigenvalue weighted by atomic mass is 10.0. The van der Waals surface area contributed by atoms with Crippen LogP contribution in [0.4, 0.5) is 11.4 Å². The van der Waals surface area contributed by atoms with Gasteiger partial charge in [-0.1, -0.05) is 20.8 Å². The van der Waals surface area contributed by atoms with E-state index in [1.54, 1.807) is 0 Å². The van der Waals surface area contributed by atoms with Crippen molar-refractivity contribution in [3.8, 4) is 0 Å². The summed E-state index contributed by atoms with van der Waals surface area (Å²) in [6.07, 6.45) is 2.21. The van der Waals surface area contributed by atoms with E-state index < -0.39 is 28.8 Å². The van der Waals surface area contributed by atoms with Crippen molar-refractivity contribution < 1.29 is 18.9 Å². The molecule has 0 saturated carbocycles. The van der Waals surface area contributed by atoms with E-state index in [2.05, 4.69) is 15.6 Å². The van der Waals surface area contributed by atoms with E-state index in [-0.39, 0.29) is 23.2 Å². The van der Waals surface area contributed by atoms with Crippen LogP contribution in [0, 0.1) is 16.0 Å². The third-order valence-corrected chi connectivity index (χ3v) is 4.19. The number of non-ortho nitro benzene ring substituents is 1. The number of aromatic nitrogens is 1. The largest absolute Gasteiger partial charge is 0.446 e. The average molecular weight is 403 g/mol. The first-order valence-electron chi connectivity index (χ1n) is 9.28. The standard InChI is InChI=1S/C19H25N5O5/c1-4-14(20)19-23-16(10-29-19)18(26)22-15(9-11(2)3)17(25)21-12-5-7-13(8-6-12)24(27)28/h5-8,10-11,14-15H,4,9,20H2,1-3H3,(H,21,25)(H,22,26). The third kappa shape index (κ3) is 6.11. The zero-order valence-corrected chi connectivity index (χ0v) is 16.5. The fourth-order valence-corrected chi connectivity index (χ4v) is 2.57. The van der Waals surface area contributed by atoms with Crippen LogP contribution in [-0.4, -0.2) is 27.8 Å². The van der Waals surface area contributed by atoms with Gasteiger partial charge in [0.1, 0.15) is 12.3 Å². The maximum Gasteiger partial charge on any atom is 0.273 e. The number of anilines is 1. The zero-order valence-electron chi connectivity index (χ0n) is 16.5. The van der Waals surface area contributed by atoms with Crippen molar-refractivity contribution >= 4 is 23.2 Å². The molecule has 0 aliphatic carbocycles. The van der Waals surface area contributed by atoms with Gasteiger partial charge in [0, 0.05) is 17.8 Å². The van der Waals surface area contributed by atoms with E-state index in [0.717, 1.165) is 0 Å². The first-order chi connectivity index (χ1) is 13.7. The quantitative estimate of drug-likeness (QED) is 0.429.